The van der Waals surface area contributed by atoms with Crippen molar-refractivity contribution < 1.29 is 26.5 Å². The lowest BCUT2D eigenvalue weighted by Gasteiger charge is -2.12. The lowest BCUT2D eigenvalue weighted by Crippen LogP contribution is -2.11. The van der Waals surface area contributed by atoms with Crippen molar-refractivity contribution in [2.45, 2.75) is 18.2 Å². The Morgan fingerprint density at radius 3 is 2.40 bits per heavy atom. The Hall–Kier alpha value is -1.96. The molecule has 0 atom stereocenters. The second-order valence-electron chi connectivity index (χ2n) is 5.40. The molecular weight excluding hydrogens is 347 g/mol. The van der Waals surface area contributed by atoms with E-state index >= 15 is 0 Å². The van der Waals surface area contributed by atoms with E-state index in [4.69, 9.17) is 13.7 Å². The summed E-state index contributed by atoms with van der Waals surface area (Å²) in [6.45, 7) is 2.32. The number of aryl methyl sites for hydroxylation is 1. The van der Waals surface area contributed by atoms with Crippen LogP contribution in [0, 0.1) is 12.7 Å². The van der Waals surface area contributed by atoms with Gasteiger partial charge >= 0.3 is 0 Å². The Bertz CT molecular complexity index is 788. The van der Waals surface area contributed by atoms with Gasteiger partial charge in [-0.2, -0.15) is 8.42 Å². The zero-order chi connectivity index (χ0) is 18.3. The number of rotatable bonds is 9. The van der Waals surface area contributed by atoms with Gasteiger partial charge < -0.3 is 9.47 Å². The molecule has 0 fully saturated rings. The highest BCUT2D eigenvalue weighted by atomic mass is 32.2. The van der Waals surface area contributed by atoms with Crippen LogP contribution in [0.1, 0.15) is 11.1 Å². The Kier molecular flexibility index (Phi) is 6.92. The average Bonchev–Trinajstić information content (AvgIpc) is 2.57. The van der Waals surface area contributed by atoms with Gasteiger partial charge in [0, 0.05) is 19.1 Å². The molecule has 2 rings (SSSR count). The molecule has 0 saturated heterocycles. The zero-order valence-corrected chi connectivity index (χ0v) is 15.0. The topological polar surface area (TPSA) is 61.8 Å². The van der Waals surface area contributed by atoms with Gasteiger partial charge in [0.1, 0.15) is 18.2 Å². The normalized spacial score (nSPS) is 11.5. The molecule has 0 aliphatic carbocycles. The molecule has 0 aliphatic heterocycles. The minimum absolute atomic E-state index is 0.0695. The monoisotopic (exact) mass is 368 g/mol. The van der Waals surface area contributed by atoms with Gasteiger partial charge in [0.15, 0.2) is 0 Å². The molecule has 0 bridgehead atoms. The van der Waals surface area contributed by atoms with Crippen molar-refractivity contribution in [2.24, 2.45) is 0 Å². The first-order valence-electron chi connectivity index (χ1n) is 7.79. The van der Waals surface area contributed by atoms with Crippen molar-refractivity contribution in [1.82, 2.24) is 0 Å². The summed E-state index contributed by atoms with van der Waals surface area (Å²) >= 11 is 0. The molecule has 5 nitrogen and oxygen atoms in total. The van der Waals surface area contributed by atoms with Crippen LogP contribution in [0.2, 0.25) is 0 Å². The zero-order valence-electron chi connectivity index (χ0n) is 14.2. The van der Waals surface area contributed by atoms with E-state index in [0.29, 0.717) is 12.4 Å². The van der Waals surface area contributed by atoms with E-state index in [1.165, 1.54) is 24.3 Å². The third-order valence-electron chi connectivity index (χ3n) is 3.52. The van der Waals surface area contributed by atoms with E-state index in [1.807, 2.05) is 6.92 Å². The fourth-order valence-electron chi connectivity index (χ4n) is 2.18. The van der Waals surface area contributed by atoms with Crippen molar-refractivity contribution in [2.75, 3.05) is 26.9 Å². The smallest absolute Gasteiger partial charge is 0.296 e. The number of ether oxygens (including phenoxy) is 2. The maximum Gasteiger partial charge on any atom is 0.296 e. The number of hydrogen-bond donors (Lipinski definition) is 0. The van der Waals surface area contributed by atoms with Crippen LogP contribution in [-0.2, 0) is 25.5 Å². The number of halogens is 1. The highest BCUT2D eigenvalue weighted by molar-refractivity contribution is 7.86. The molecule has 136 valence electrons. The molecule has 0 heterocycles. The van der Waals surface area contributed by atoms with Crippen LogP contribution in [0.4, 0.5) is 4.39 Å². The van der Waals surface area contributed by atoms with Gasteiger partial charge in [-0.25, -0.2) is 4.39 Å². The Morgan fingerprint density at radius 2 is 1.72 bits per heavy atom. The predicted octanol–water partition coefficient (Wildman–Crippen LogP) is 3.11. The quantitative estimate of drug-likeness (QED) is 0.503. The van der Waals surface area contributed by atoms with Gasteiger partial charge in [-0.1, -0.05) is 23.8 Å². The van der Waals surface area contributed by atoms with Gasteiger partial charge in [0.25, 0.3) is 10.1 Å². The average molecular weight is 368 g/mol. The molecule has 7 heteroatoms. The summed E-state index contributed by atoms with van der Waals surface area (Å²) in [5.74, 6) is -0.111. The van der Waals surface area contributed by atoms with Gasteiger partial charge in [0.2, 0.25) is 0 Å². The van der Waals surface area contributed by atoms with Gasteiger partial charge in [-0.15, -0.1) is 0 Å². The lowest BCUT2D eigenvalue weighted by atomic mass is 10.1. The second-order valence-corrected chi connectivity index (χ2v) is 7.01. The number of methoxy groups -OCH3 is 1. The second kappa shape index (κ2) is 8.94. The van der Waals surface area contributed by atoms with Crippen molar-refractivity contribution in [3.63, 3.8) is 0 Å². The van der Waals surface area contributed by atoms with E-state index in [2.05, 4.69) is 0 Å². The molecule has 0 spiro atoms. The SMILES string of the molecule is COCCOc1cccc(F)c1CCOS(=O)(=O)c1ccc(C)cc1. The predicted molar refractivity (Wildman–Crippen MR) is 91.8 cm³/mol. The summed E-state index contributed by atoms with van der Waals surface area (Å²) in [6.07, 6.45) is 0.0695. The molecule has 0 aliphatic rings. The lowest BCUT2D eigenvalue weighted by molar-refractivity contribution is 0.145. The first kappa shape index (κ1) is 19.4. The molecule has 25 heavy (non-hydrogen) atoms. The molecule has 0 aromatic heterocycles. The molecular formula is C18H21FO5S. The van der Waals surface area contributed by atoms with Crippen LogP contribution >= 0.6 is 0 Å². The van der Waals surface area contributed by atoms with E-state index in [1.54, 1.807) is 25.3 Å². The number of hydrogen-bond acceptors (Lipinski definition) is 5. The van der Waals surface area contributed by atoms with Gasteiger partial charge in [-0.3, -0.25) is 4.18 Å². The Labute approximate surface area is 147 Å². The molecule has 0 N–H and O–H groups in total. The summed E-state index contributed by atoms with van der Waals surface area (Å²) in [4.78, 5) is 0.0724. The Balaban J connectivity index is 2.02. The summed E-state index contributed by atoms with van der Waals surface area (Å²) < 4.78 is 53.7. The molecule has 2 aromatic rings. The van der Waals surface area contributed by atoms with Crippen LogP contribution in [0.3, 0.4) is 0 Å². The fourth-order valence-corrected chi connectivity index (χ4v) is 3.09. The first-order chi connectivity index (χ1) is 11.9. The van der Waals surface area contributed by atoms with E-state index in [0.717, 1.165) is 5.56 Å². The highest BCUT2D eigenvalue weighted by Gasteiger charge is 2.16. The minimum atomic E-state index is -3.88. The highest BCUT2D eigenvalue weighted by Crippen LogP contribution is 2.23. The van der Waals surface area contributed by atoms with Gasteiger partial charge in [0.05, 0.1) is 18.1 Å². The standard InChI is InChI=1S/C18H21FO5S/c1-14-6-8-15(9-7-14)25(20,21)24-11-10-16-17(19)4-3-5-18(16)23-13-12-22-2/h3-9H,10-13H2,1-2H3. The third-order valence-corrected chi connectivity index (χ3v) is 4.85. The maximum atomic E-state index is 14.0. The van der Waals surface area contributed by atoms with Crippen molar-refractivity contribution in [3.05, 3.63) is 59.4 Å². The Morgan fingerprint density at radius 1 is 1.00 bits per heavy atom. The molecule has 0 radical (unpaired) electrons. The van der Waals surface area contributed by atoms with Crippen LogP contribution in [0.15, 0.2) is 47.4 Å². The summed E-state index contributed by atoms with van der Waals surface area (Å²) in [5.41, 5.74) is 1.22. The molecule has 0 unspecified atom stereocenters. The largest absolute Gasteiger partial charge is 0.491 e. The fraction of sp³-hybridized carbons (Fsp3) is 0.333. The molecule has 0 saturated carbocycles. The summed E-state index contributed by atoms with van der Waals surface area (Å²) in [6, 6.07) is 10.8. The van der Waals surface area contributed by atoms with E-state index < -0.39 is 15.9 Å². The molecule has 0 amide bonds. The van der Waals surface area contributed by atoms with Crippen LogP contribution < -0.4 is 4.74 Å². The van der Waals surface area contributed by atoms with Crippen molar-refractivity contribution in [1.29, 1.82) is 0 Å². The summed E-state index contributed by atoms with van der Waals surface area (Å²) in [7, 11) is -2.34. The van der Waals surface area contributed by atoms with Crippen molar-refractivity contribution >= 4 is 10.1 Å². The molecule has 2 aromatic carbocycles. The van der Waals surface area contributed by atoms with Crippen LogP contribution in [-0.4, -0.2) is 35.3 Å². The van der Waals surface area contributed by atoms with E-state index in [9.17, 15) is 12.8 Å². The first-order valence-corrected chi connectivity index (χ1v) is 9.20. The minimum Gasteiger partial charge on any atom is -0.491 e. The van der Waals surface area contributed by atoms with Gasteiger partial charge in [-0.05, 0) is 31.2 Å². The summed E-state index contributed by atoms with van der Waals surface area (Å²) in [5, 5.41) is 0. The van der Waals surface area contributed by atoms with Crippen LogP contribution in [0.25, 0.3) is 0 Å². The van der Waals surface area contributed by atoms with E-state index in [-0.39, 0.29) is 30.1 Å². The van der Waals surface area contributed by atoms with Crippen molar-refractivity contribution in [3.8, 4) is 5.75 Å². The third kappa shape index (κ3) is 5.52. The maximum absolute atomic E-state index is 14.0. The number of benzene rings is 2. The van der Waals surface area contributed by atoms with Crippen LogP contribution in [0.5, 0.6) is 5.75 Å².